The van der Waals surface area contributed by atoms with E-state index in [1.807, 2.05) is 24.3 Å². The summed E-state index contributed by atoms with van der Waals surface area (Å²) in [6, 6.07) is 12.3. The third-order valence-corrected chi connectivity index (χ3v) is 5.88. The number of benzene rings is 2. The maximum atomic E-state index is 11.3. The highest BCUT2D eigenvalue weighted by atomic mass is 32.2. The highest BCUT2D eigenvalue weighted by molar-refractivity contribution is 8.01. The van der Waals surface area contributed by atoms with Gasteiger partial charge in [-0.2, -0.15) is 0 Å². The highest BCUT2D eigenvalue weighted by Gasteiger charge is 2.12. The molecule has 0 unspecified atom stereocenters. The molecular weight excluding hydrogens is 326 g/mol. The van der Waals surface area contributed by atoms with Crippen LogP contribution in [0.1, 0.15) is 0 Å². The fraction of sp³-hybridized carbons (Fsp3) is 0. The van der Waals surface area contributed by atoms with Crippen LogP contribution in [0.3, 0.4) is 0 Å². The van der Waals surface area contributed by atoms with E-state index in [1.165, 1.54) is 23.9 Å². The molecule has 0 atom stereocenters. The van der Waals surface area contributed by atoms with Crippen molar-refractivity contribution in [1.82, 2.24) is 4.98 Å². The third-order valence-electron chi connectivity index (χ3n) is 2.78. The molecule has 0 aliphatic heterocycles. The Kier molecular flexibility index (Phi) is 3.62. The molecule has 3 rings (SSSR count). The van der Waals surface area contributed by atoms with Gasteiger partial charge in [0.2, 0.25) is 10.0 Å². The molecule has 21 heavy (non-hydrogen) atoms. The molecule has 3 aromatic rings. The zero-order valence-electron chi connectivity index (χ0n) is 10.7. The number of nitrogens with zero attached hydrogens (tertiary/aromatic N) is 1. The molecule has 5 nitrogen and oxygen atoms in total. The van der Waals surface area contributed by atoms with E-state index in [0.717, 1.165) is 19.5 Å². The van der Waals surface area contributed by atoms with E-state index in [-0.39, 0.29) is 4.90 Å². The quantitative estimate of drug-likeness (QED) is 0.716. The molecule has 0 amide bonds. The summed E-state index contributed by atoms with van der Waals surface area (Å²) < 4.78 is 24.5. The van der Waals surface area contributed by atoms with Crippen LogP contribution in [-0.2, 0) is 10.0 Å². The predicted octanol–water partition coefficient (Wildman–Crippen LogP) is 2.68. The first-order valence-electron chi connectivity index (χ1n) is 5.89. The van der Waals surface area contributed by atoms with Gasteiger partial charge in [0.05, 0.1) is 15.1 Å². The van der Waals surface area contributed by atoms with E-state index < -0.39 is 10.0 Å². The van der Waals surface area contributed by atoms with Gasteiger partial charge in [0.25, 0.3) is 0 Å². The van der Waals surface area contributed by atoms with Crippen molar-refractivity contribution in [2.75, 3.05) is 5.73 Å². The topological polar surface area (TPSA) is 99.1 Å². The van der Waals surface area contributed by atoms with Gasteiger partial charge in [0.15, 0.2) is 4.34 Å². The summed E-state index contributed by atoms with van der Waals surface area (Å²) in [7, 11) is -3.74. The number of rotatable bonds is 3. The molecule has 0 aliphatic carbocycles. The average Bonchev–Trinajstić information content (AvgIpc) is 2.82. The van der Waals surface area contributed by atoms with Crippen molar-refractivity contribution in [3.8, 4) is 0 Å². The van der Waals surface area contributed by atoms with E-state index in [2.05, 4.69) is 4.98 Å². The number of aromatic nitrogens is 1. The maximum Gasteiger partial charge on any atom is 0.238 e. The van der Waals surface area contributed by atoms with Gasteiger partial charge in [0, 0.05) is 10.6 Å². The molecule has 0 saturated heterocycles. The zero-order valence-corrected chi connectivity index (χ0v) is 13.1. The number of nitrogen functional groups attached to an aromatic ring is 1. The van der Waals surface area contributed by atoms with Crippen LogP contribution in [0.2, 0.25) is 0 Å². The number of para-hydroxylation sites is 1. The van der Waals surface area contributed by atoms with Crippen LogP contribution in [0.25, 0.3) is 10.2 Å². The lowest BCUT2D eigenvalue weighted by atomic mass is 10.3. The van der Waals surface area contributed by atoms with Gasteiger partial charge in [0.1, 0.15) is 0 Å². The number of fused-ring (bicyclic) bond motifs is 1. The minimum atomic E-state index is -3.74. The maximum absolute atomic E-state index is 11.3. The number of thiazole rings is 1. The Morgan fingerprint density at radius 1 is 1.14 bits per heavy atom. The van der Waals surface area contributed by atoms with Crippen LogP contribution in [0.15, 0.2) is 56.6 Å². The Morgan fingerprint density at radius 3 is 2.57 bits per heavy atom. The molecule has 0 fully saturated rings. The average molecular weight is 337 g/mol. The number of nitrogens with two attached hydrogens (primary N) is 2. The van der Waals surface area contributed by atoms with Gasteiger partial charge < -0.3 is 5.73 Å². The second-order valence-electron chi connectivity index (χ2n) is 4.29. The Morgan fingerprint density at radius 2 is 1.90 bits per heavy atom. The van der Waals surface area contributed by atoms with Crippen LogP contribution in [0.4, 0.5) is 5.69 Å². The number of sulfonamides is 1. The van der Waals surface area contributed by atoms with Crippen molar-refractivity contribution in [2.45, 2.75) is 14.1 Å². The van der Waals surface area contributed by atoms with E-state index in [4.69, 9.17) is 10.9 Å². The van der Waals surface area contributed by atoms with Crippen molar-refractivity contribution < 1.29 is 8.42 Å². The SMILES string of the molecule is Nc1cc(S(N)(=O)=O)ccc1Sc1nc2ccccc2s1. The first-order valence-corrected chi connectivity index (χ1v) is 9.07. The molecule has 1 heterocycles. The summed E-state index contributed by atoms with van der Waals surface area (Å²) in [6.07, 6.45) is 0. The Bertz CT molecular complexity index is 886. The van der Waals surface area contributed by atoms with E-state index >= 15 is 0 Å². The van der Waals surface area contributed by atoms with Crippen molar-refractivity contribution in [3.05, 3.63) is 42.5 Å². The van der Waals surface area contributed by atoms with Gasteiger partial charge in [-0.05, 0) is 30.3 Å². The van der Waals surface area contributed by atoms with Crippen LogP contribution >= 0.6 is 23.1 Å². The summed E-state index contributed by atoms with van der Waals surface area (Å²) in [6.45, 7) is 0. The molecule has 0 radical (unpaired) electrons. The van der Waals surface area contributed by atoms with Crippen LogP contribution in [0.5, 0.6) is 0 Å². The lowest BCUT2D eigenvalue weighted by Crippen LogP contribution is -2.12. The summed E-state index contributed by atoms with van der Waals surface area (Å²) in [5.74, 6) is 0. The Labute approximate surface area is 130 Å². The second-order valence-corrected chi connectivity index (χ2v) is 8.18. The van der Waals surface area contributed by atoms with E-state index in [1.54, 1.807) is 17.4 Å². The van der Waals surface area contributed by atoms with E-state index in [0.29, 0.717) is 5.69 Å². The fourth-order valence-corrected chi connectivity index (χ4v) is 4.38. The number of primary sulfonamides is 1. The molecule has 108 valence electrons. The normalized spacial score (nSPS) is 11.9. The Hall–Kier alpha value is -1.61. The molecule has 8 heteroatoms. The van der Waals surface area contributed by atoms with Gasteiger partial charge in [-0.1, -0.05) is 23.9 Å². The number of hydrogen-bond donors (Lipinski definition) is 2. The van der Waals surface area contributed by atoms with Crippen molar-refractivity contribution in [2.24, 2.45) is 5.14 Å². The minimum Gasteiger partial charge on any atom is -0.398 e. The Balaban J connectivity index is 1.94. The largest absolute Gasteiger partial charge is 0.398 e. The zero-order chi connectivity index (χ0) is 15.0. The lowest BCUT2D eigenvalue weighted by molar-refractivity contribution is 0.598. The van der Waals surface area contributed by atoms with Crippen molar-refractivity contribution >= 4 is 49.0 Å². The first kappa shape index (κ1) is 14.3. The molecule has 0 aliphatic rings. The summed E-state index contributed by atoms with van der Waals surface area (Å²) in [4.78, 5) is 5.26. The molecular formula is C13H11N3O2S3. The summed E-state index contributed by atoms with van der Waals surface area (Å²) >= 11 is 2.97. The number of hydrogen-bond acceptors (Lipinski definition) is 6. The minimum absolute atomic E-state index is 0.00801. The summed E-state index contributed by atoms with van der Waals surface area (Å²) in [5.41, 5.74) is 7.20. The number of anilines is 1. The molecule has 0 spiro atoms. The molecule has 1 aromatic heterocycles. The standard InChI is InChI=1S/C13H11N3O2S3/c14-9-7-8(21(15,17)18)5-6-11(9)19-13-16-10-3-1-2-4-12(10)20-13/h1-7H,14H2,(H2,15,17,18). The highest BCUT2D eigenvalue weighted by Crippen LogP contribution is 2.37. The second kappa shape index (κ2) is 5.30. The van der Waals surface area contributed by atoms with Gasteiger partial charge in [-0.25, -0.2) is 18.5 Å². The molecule has 2 aromatic carbocycles. The van der Waals surface area contributed by atoms with Crippen molar-refractivity contribution in [3.63, 3.8) is 0 Å². The van der Waals surface area contributed by atoms with Crippen molar-refractivity contribution in [1.29, 1.82) is 0 Å². The first-order chi connectivity index (χ1) is 9.93. The summed E-state index contributed by atoms with van der Waals surface area (Å²) in [5, 5.41) is 5.08. The molecule has 4 N–H and O–H groups in total. The predicted molar refractivity (Wildman–Crippen MR) is 86.0 cm³/mol. The van der Waals surface area contributed by atoms with Crippen LogP contribution in [0, 0.1) is 0 Å². The molecule has 0 saturated carbocycles. The lowest BCUT2D eigenvalue weighted by Gasteiger charge is -2.05. The van der Waals surface area contributed by atoms with E-state index in [9.17, 15) is 8.42 Å². The third kappa shape index (κ3) is 3.03. The van der Waals surface area contributed by atoms with Crippen LogP contribution in [-0.4, -0.2) is 13.4 Å². The van der Waals surface area contributed by atoms with Crippen LogP contribution < -0.4 is 10.9 Å². The van der Waals surface area contributed by atoms with Gasteiger partial charge >= 0.3 is 0 Å². The van der Waals surface area contributed by atoms with Gasteiger partial charge in [-0.3, -0.25) is 0 Å². The van der Waals surface area contributed by atoms with Gasteiger partial charge in [-0.15, -0.1) is 11.3 Å². The molecule has 0 bridgehead atoms. The fourth-order valence-electron chi connectivity index (χ4n) is 1.79. The smallest absolute Gasteiger partial charge is 0.238 e. The monoisotopic (exact) mass is 337 g/mol.